The van der Waals surface area contributed by atoms with Crippen LogP contribution in [0.4, 0.5) is 0 Å². The molecule has 2 rings (SSSR count). The smallest absolute Gasteiger partial charge is 0.266 e. The summed E-state index contributed by atoms with van der Waals surface area (Å²) in [5.74, 6) is -0.358. The Balaban J connectivity index is 2.04. The van der Waals surface area contributed by atoms with Crippen molar-refractivity contribution in [1.29, 1.82) is 0 Å². The first kappa shape index (κ1) is 18.5. The Bertz CT molecular complexity index is 572. The number of aryl methyl sites for hydroxylation is 2. The minimum absolute atomic E-state index is 0.0138. The summed E-state index contributed by atoms with van der Waals surface area (Å²) < 4.78 is 0. The van der Waals surface area contributed by atoms with Gasteiger partial charge >= 0.3 is 0 Å². The van der Waals surface area contributed by atoms with Gasteiger partial charge in [-0.25, -0.2) is 0 Å². The Morgan fingerprint density at radius 1 is 1.50 bits per heavy atom. The number of benzene rings is 1. The molecule has 0 radical (unpaired) electrons. The van der Waals surface area contributed by atoms with E-state index in [2.05, 4.69) is 40.5 Å². The predicted molar refractivity (Wildman–Crippen MR) is 96.5 cm³/mol. The summed E-state index contributed by atoms with van der Waals surface area (Å²) >= 11 is 0. The van der Waals surface area contributed by atoms with Crippen LogP contribution < -0.4 is 5.32 Å². The van der Waals surface area contributed by atoms with Gasteiger partial charge in [-0.15, -0.1) is 0 Å². The molecule has 132 valence electrons. The normalized spacial score (nSPS) is 16.6. The third-order valence-corrected chi connectivity index (χ3v) is 4.57. The number of rotatable bonds is 7. The molecule has 1 atom stereocenters. The molecule has 1 aliphatic heterocycles. The van der Waals surface area contributed by atoms with Crippen LogP contribution in [-0.2, 0) is 24.2 Å². The highest BCUT2D eigenvalue weighted by Crippen LogP contribution is 2.24. The Morgan fingerprint density at radius 3 is 3.08 bits per heavy atom. The molecule has 0 unspecified atom stereocenters. The monoisotopic (exact) mass is 331 g/mol. The van der Waals surface area contributed by atoms with Gasteiger partial charge in [0.2, 0.25) is 0 Å². The lowest BCUT2D eigenvalue weighted by atomic mass is 9.95. The molecule has 0 saturated heterocycles. The molecule has 0 aromatic heterocycles. The topological polar surface area (TPSA) is 64.9 Å². The maximum absolute atomic E-state index is 11.5. The Labute approximate surface area is 144 Å². The van der Waals surface area contributed by atoms with Crippen LogP contribution in [0.1, 0.15) is 49.8 Å². The Morgan fingerprint density at radius 2 is 2.33 bits per heavy atom. The average Bonchev–Trinajstić information content (AvgIpc) is 2.74. The maximum Gasteiger partial charge on any atom is 0.266 e. The molecule has 1 aromatic rings. The molecular formula is C19H29N3O2. The zero-order valence-corrected chi connectivity index (χ0v) is 14.8. The summed E-state index contributed by atoms with van der Waals surface area (Å²) in [7, 11) is 0. The van der Waals surface area contributed by atoms with Crippen molar-refractivity contribution in [2.24, 2.45) is 5.16 Å². The van der Waals surface area contributed by atoms with Crippen molar-refractivity contribution in [3.05, 3.63) is 34.9 Å². The van der Waals surface area contributed by atoms with Crippen molar-refractivity contribution in [2.45, 2.75) is 58.5 Å². The second kappa shape index (κ2) is 9.42. The highest BCUT2D eigenvalue weighted by atomic mass is 16.4. The quantitative estimate of drug-likeness (QED) is 0.459. The van der Waals surface area contributed by atoms with Crippen molar-refractivity contribution < 1.29 is 10.0 Å². The lowest BCUT2D eigenvalue weighted by Crippen LogP contribution is -2.42. The minimum Gasteiger partial charge on any atom is -0.411 e. The molecule has 0 bridgehead atoms. The van der Waals surface area contributed by atoms with Gasteiger partial charge in [-0.2, -0.15) is 0 Å². The third kappa shape index (κ3) is 5.34. The lowest BCUT2D eigenvalue weighted by Gasteiger charge is -2.25. The second-order valence-electron chi connectivity index (χ2n) is 6.65. The molecule has 5 nitrogen and oxygen atoms in total. The first-order chi connectivity index (χ1) is 11.6. The zero-order chi connectivity index (χ0) is 17.4. The molecule has 0 aliphatic carbocycles. The maximum atomic E-state index is 11.5. The number of carbonyl (C=O) groups excluding carboxylic acids is 1. The van der Waals surface area contributed by atoms with Crippen molar-refractivity contribution in [1.82, 2.24) is 10.2 Å². The zero-order valence-electron chi connectivity index (χ0n) is 14.8. The highest BCUT2D eigenvalue weighted by Gasteiger charge is 2.19. The van der Waals surface area contributed by atoms with Gasteiger partial charge in [0.1, 0.15) is 6.21 Å². The van der Waals surface area contributed by atoms with Crippen molar-refractivity contribution in [3.63, 3.8) is 0 Å². The van der Waals surface area contributed by atoms with E-state index in [1.807, 2.05) is 6.92 Å². The summed E-state index contributed by atoms with van der Waals surface area (Å²) in [6.45, 7) is 7.00. The van der Waals surface area contributed by atoms with Gasteiger partial charge in [0.25, 0.3) is 5.91 Å². The van der Waals surface area contributed by atoms with E-state index in [-0.39, 0.29) is 11.9 Å². The Kier molecular flexibility index (Phi) is 7.25. The Hall–Kier alpha value is -1.88. The number of nitrogens with zero attached hydrogens (tertiary/aromatic N) is 2. The van der Waals surface area contributed by atoms with Crippen LogP contribution >= 0.6 is 0 Å². The number of hydrogen-bond donors (Lipinski definition) is 2. The molecule has 0 fully saturated rings. The van der Waals surface area contributed by atoms with E-state index in [4.69, 9.17) is 5.21 Å². The number of fused-ring (bicyclic) bond motifs is 1. The average molecular weight is 331 g/mol. The first-order valence-electron chi connectivity index (χ1n) is 8.94. The number of amides is 1. The van der Waals surface area contributed by atoms with Crippen LogP contribution in [0, 0.1) is 0 Å². The van der Waals surface area contributed by atoms with Gasteiger partial charge in [-0.1, -0.05) is 36.7 Å². The van der Waals surface area contributed by atoms with Gasteiger partial charge < -0.3 is 10.5 Å². The summed E-state index contributed by atoms with van der Waals surface area (Å²) in [4.78, 5) is 13.9. The van der Waals surface area contributed by atoms with Gasteiger partial charge in [-0.05, 0) is 55.8 Å². The van der Waals surface area contributed by atoms with Crippen molar-refractivity contribution in [2.75, 3.05) is 13.1 Å². The third-order valence-electron chi connectivity index (χ3n) is 4.57. The molecule has 0 spiro atoms. The van der Waals surface area contributed by atoms with Gasteiger partial charge in [0, 0.05) is 19.1 Å². The molecule has 1 heterocycles. The fourth-order valence-corrected chi connectivity index (χ4v) is 3.44. The molecular weight excluding hydrogens is 302 g/mol. The summed E-state index contributed by atoms with van der Waals surface area (Å²) in [5.41, 5.74) is 4.44. The van der Waals surface area contributed by atoms with Crippen molar-refractivity contribution >= 4 is 12.1 Å². The molecule has 1 aromatic carbocycles. The number of nitrogens with one attached hydrogen (secondary N) is 1. The van der Waals surface area contributed by atoms with Crippen LogP contribution in [0.5, 0.6) is 0 Å². The summed E-state index contributed by atoms with van der Waals surface area (Å²) in [6, 6.07) is 6.73. The summed E-state index contributed by atoms with van der Waals surface area (Å²) in [5, 5.41) is 14.0. The van der Waals surface area contributed by atoms with Gasteiger partial charge in [0.05, 0.1) is 0 Å². The second-order valence-corrected chi connectivity index (χ2v) is 6.65. The number of hydrogen-bond acceptors (Lipinski definition) is 4. The largest absolute Gasteiger partial charge is 0.411 e. The molecule has 5 heteroatoms. The fraction of sp³-hybridized carbons (Fsp3) is 0.579. The molecule has 0 saturated carbocycles. The van der Waals surface area contributed by atoms with E-state index in [1.165, 1.54) is 29.5 Å². The molecule has 1 amide bonds. The van der Waals surface area contributed by atoms with E-state index in [0.29, 0.717) is 0 Å². The molecule has 24 heavy (non-hydrogen) atoms. The highest BCUT2D eigenvalue weighted by molar-refractivity contribution is 6.26. The molecule has 1 aliphatic rings. The minimum atomic E-state index is -0.358. The van der Waals surface area contributed by atoms with E-state index in [1.54, 1.807) is 0 Å². The number of carbonyl (C=O) groups is 1. The van der Waals surface area contributed by atoms with E-state index in [0.717, 1.165) is 45.1 Å². The summed E-state index contributed by atoms with van der Waals surface area (Å²) in [6.07, 6.45) is 6.75. The number of oxime groups is 1. The molecule has 2 N–H and O–H groups in total. The van der Waals surface area contributed by atoms with Gasteiger partial charge in [0.15, 0.2) is 0 Å². The van der Waals surface area contributed by atoms with E-state index < -0.39 is 0 Å². The van der Waals surface area contributed by atoms with Crippen LogP contribution in [0.2, 0.25) is 0 Å². The first-order valence-corrected chi connectivity index (χ1v) is 8.94. The lowest BCUT2D eigenvalue weighted by molar-refractivity contribution is -0.115. The van der Waals surface area contributed by atoms with Gasteiger partial charge in [-0.3, -0.25) is 9.69 Å². The van der Waals surface area contributed by atoms with Crippen LogP contribution in [-0.4, -0.2) is 41.4 Å². The van der Waals surface area contributed by atoms with Crippen LogP contribution in [0.25, 0.3) is 0 Å². The fourth-order valence-electron chi connectivity index (χ4n) is 3.44. The van der Waals surface area contributed by atoms with Crippen molar-refractivity contribution in [3.8, 4) is 0 Å². The van der Waals surface area contributed by atoms with Crippen LogP contribution in [0.3, 0.4) is 0 Å². The van der Waals surface area contributed by atoms with E-state index in [9.17, 15) is 4.79 Å². The number of unbranched alkanes of at least 4 members (excludes halogenated alkanes) is 1. The van der Waals surface area contributed by atoms with E-state index >= 15 is 0 Å². The SMILES string of the molecule is CCCCc1cccc2c1CN(C[C@H](C)NC(=O)/C=N\O)CCC2. The standard InChI is InChI=1S/C19H29N3O2/c1-3-4-7-16-8-5-9-17-10-6-11-22(14-18(16)17)13-15(2)21-19(23)12-20-24/h5,8-9,12,15,24H,3-4,6-7,10-11,13-14H2,1-2H3,(H,21,23)/b20-12-/t15-/m0/s1. The predicted octanol–water partition coefficient (Wildman–Crippen LogP) is 2.74. The van der Waals surface area contributed by atoms with Crippen LogP contribution in [0.15, 0.2) is 23.4 Å².